The van der Waals surface area contributed by atoms with Gasteiger partial charge in [-0.2, -0.15) is 0 Å². The number of anilines is 1. The summed E-state index contributed by atoms with van der Waals surface area (Å²) in [5, 5.41) is 3.67. The predicted molar refractivity (Wildman–Crippen MR) is 172 cm³/mol. The molecule has 1 N–H and O–H groups in total. The molecule has 8 nitrogen and oxygen atoms in total. The number of carbonyl (C=O) groups is 2. The summed E-state index contributed by atoms with van der Waals surface area (Å²) in [5.74, 6) is -0.158. The highest BCUT2D eigenvalue weighted by Crippen LogP contribution is 2.28. The maximum absolute atomic E-state index is 14.2. The molecule has 0 spiro atoms. The SMILES string of the molecule is CCOc1ccc(S(=O)(=O)N(CC(=O)N(Cc2ccc(Cl)cc2Cl)C(CC)C(=O)NCC(C)C)c2ccc(C)cc2)cc1. The van der Waals surface area contributed by atoms with Crippen LogP contribution in [-0.4, -0.2) is 50.9 Å². The minimum atomic E-state index is -4.20. The number of benzene rings is 3. The number of sulfonamides is 1. The molecule has 232 valence electrons. The summed E-state index contributed by atoms with van der Waals surface area (Å²) in [7, 11) is -4.20. The number of nitrogens with one attached hydrogen (secondary N) is 1. The summed E-state index contributed by atoms with van der Waals surface area (Å²) >= 11 is 12.6. The lowest BCUT2D eigenvalue weighted by atomic mass is 10.1. The van der Waals surface area contributed by atoms with Gasteiger partial charge < -0.3 is 15.0 Å². The lowest BCUT2D eigenvalue weighted by Gasteiger charge is -2.33. The van der Waals surface area contributed by atoms with Gasteiger partial charge in [-0.25, -0.2) is 8.42 Å². The van der Waals surface area contributed by atoms with Gasteiger partial charge in [0, 0.05) is 23.1 Å². The van der Waals surface area contributed by atoms with Crippen molar-refractivity contribution >= 4 is 50.7 Å². The number of rotatable bonds is 14. The molecule has 11 heteroatoms. The van der Waals surface area contributed by atoms with Crippen LogP contribution in [0.1, 0.15) is 45.2 Å². The quantitative estimate of drug-likeness (QED) is 0.216. The average Bonchev–Trinajstić information content (AvgIpc) is 2.96. The van der Waals surface area contributed by atoms with Gasteiger partial charge in [-0.15, -0.1) is 0 Å². The van der Waals surface area contributed by atoms with Gasteiger partial charge in [-0.1, -0.05) is 67.7 Å². The molecule has 2 amide bonds. The van der Waals surface area contributed by atoms with E-state index in [9.17, 15) is 18.0 Å². The van der Waals surface area contributed by atoms with Gasteiger partial charge in [0.25, 0.3) is 10.0 Å². The number of nitrogens with zero attached hydrogens (tertiary/aromatic N) is 2. The zero-order chi connectivity index (χ0) is 31.7. The van der Waals surface area contributed by atoms with E-state index in [-0.39, 0.29) is 23.3 Å². The highest BCUT2D eigenvalue weighted by Gasteiger charge is 2.34. The van der Waals surface area contributed by atoms with Crippen LogP contribution in [0.5, 0.6) is 5.75 Å². The molecule has 0 aliphatic rings. The smallest absolute Gasteiger partial charge is 0.264 e. The molecular formula is C32H39Cl2N3O5S. The first-order valence-electron chi connectivity index (χ1n) is 14.2. The third-order valence-electron chi connectivity index (χ3n) is 6.75. The molecule has 0 aliphatic heterocycles. The molecule has 3 aromatic carbocycles. The van der Waals surface area contributed by atoms with E-state index in [0.717, 1.165) is 9.87 Å². The molecule has 1 atom stereocenters. The number of hydrogen-bond acceptors (Lipinski definition) is 5. The maximum atomic E-state index is 14.2. The second-order valence-electron chi connectivity index (χ2n) is 10.6. The predicted octanol–water partition coefficient (Wildman–Crippen LogP) is 6.48. The van der Waals surface area contributed by atoms with Crippen molar-refractivity contribution < 1.29 is 22.7 Å². The largest absolute Gasteiger partial charge is 0.494 e. The van der Waals surface area contributed by atoms with Gasteiger partial charge in [-0.3, -0.25) is 13.9 Å². The fraction of sp³-hybridized carbons (Fsp3) is 0.375. The van der Waals surface area contributed by atoms with Crippen molar-refractivity contribution in [3.63, 3.8) is 0 Å². The minimum Gasteiger partial charge on any atom is -0.494 e. The van der Waals surface area contributed by atoms with E-state index in [1.807, 2.05) is 27.7 Å². The monoisotopic (exact) mass is 647 g/mol. The molecule has 0 radical (unpaired) electrons. The second-order valence-corrected chi connectivity index (χ2v) is 13.3. The summed E-state index contributed by atoms with van der Waals surface area (Å²) in [4.78, 5) is 28.9. The van der Waals surface area contributed by atoms with E-state index in [2.05, 4.69) is 5.32 Å². The van der Waals surface area contributed by atoms with Crippen LogP contribution in [0, 0.1) is 12.8 Å². The van der Waals surface area contributed by atoms with E-state index in [1.54, 1.807) is 61.5 Å². The van der Waals surface area contributed by atoms with Crippen LogP contribution in [-0.2, 0) is 26.2 Å². The Morgan fingerprint density at radius 1 is 0.953 bits per heavy atom. The van der Waals surface area contributed by atoms with Gasteiger partial charge >= 0.3 is 0 Å². The normalized spacial score (nSPS) is 12.1. The molecule has 43 heavy (non-hydrogen) atoms. The van der Waals surface area contributed by atoms with E-state index in [4.69, 9.17) is 27.9 Å². The highest BCUT2D eigenvalue weighted by molar-refractivity contribution is 7.92. The van der Waals surface area contributed by atoms with Crippen molar-refractivity contribution in [2.75, 3.05) is 24.0 Å². The summed E-state index contributed by atoms with van der Waals surface area (Å²) < 4.78 is 34.6. The van der Waals surface area contributed by atoms with Crippen molar-refractivity contribution in [1.29, 1.82) is 0 Å². The lowest BCUT2D eigenvalue weighted by Crippen LogP contribution is -2.52. The molecule has 0 fully saturated rings. The third-order valence-corrected chi connectivity index (χ3v) is 9.12. The Hall–Kier alpha value is -3.27. The zero-order valence-corrected chi connectivity index (χ0v) is 27.5. The van der Waals surface area contributed by atoms with Crippen LogP contribution in [0.15, 0.2) is 71.6 Å². The van der Waals surface area contributed by atoms with Crippen molar-refractivity contribution in [2.45, 2.75) is 58.5 Å². The van der Waals surface area contributed by atoms with Gasteiger partial charge in [-0.05, 0) is 80.3 Å². The number of aryl methyl sites for hydroxylation is 1. The maximum Gasteiger partial charge on any atom is 0.264 e. The van der Waals surface area contributed by atoms with Crippen LogP contribution in [0.2, 0.25) is 10.0 Å². The first-order chi connectivity index (χ1) is 20.4. The van der Waals surface area contributed by atoms with Crippen LogP contribution < -0.4 is 14.4 Å². The standard InChI is InChI=1S/C32H39Cl2N3O5S/c1-6-30(32(39)35-19-22(3)4)36(20-24-10-11-25(33)18-29(24)34)31(38)21-37(26-12-8-23(5)9-13-26)43(40,41)28-16-14-27(15-17-28)42-7-2/h8-18,22,30H,6-7,19-21H2,1-5H3,(H,35,39). The first-order valence-corrected chi connectivity index (χ1v) is 16.4. The van der Waals surface area contributed by atoms with Crippen molar-refractivity contribution in [3.05, 3.63) is 87.9 Å². The Kier molecular flexibility index (Phi) is 12.3. The topological polar surface area (TPSA) is 96.0 Å². The minimum absolute atomic E-state index is 0.00154. The molecule has 0 bridgehead atoms. The Morgan fingerprint density at radius 3 is 2.16 bits per heavy atom. The van der Waals surface area contributed by atoms with Crippen LogP contribution >= 0.6 is 23.2 Å². The Balaban J connectivity index is 2.06. The van der Waals surface area contributed by atoms with E-state index >= 15 is 0 Å². The second kappa shape index (κ2) is 15.5. The highest BCUT2D eigenvalue weighted by atomic mass is 35.5. The molecule has 0 aromatic heterocycles. The van der Waals surface area contributed by atoms with Gasteiger partial charge in [0.05, 0.1) is 17.2 Å². The molecular weight excluding hydrogens is 609 g/mol. The summed E-state index contributed by atoms with van der Waals surface area (Å²) in [6.45, 7) is 9.78. The van der Waals surface area contributed by atoms with Gasteiger partial charge in [0.15, 0.2) is 0 Å². The fourth-order valence-corrected chi connectivity index (χ4v) is 6.30. The van der Waals surface area contributed by atoms with E-state index in [0.29, 0.717) is 46.6 Å². The Labute approximate surface area is 265 Å². The first kappa shape index (κ1) is 34.2. The molecule has 0 heterocycles. The van der Waals surface area contributed by atoms with Crippen LogP contribution in [0.25, 0.3) is 0 Å². The van der Waals surface area contributed by atoms with Gasteiger partial charge in [0.1, 0.15) is 18.3 Å². The van der Waals surface area contributed by atoms with Gasteiger partial charge in [0.2, 0.25) is 11.8 Å². The number of carbonyl (C=O) groups excluding carboxylic acids is 2. The number of ether oxygens (including phenoxy) is 1. The van der Waals surface area contributed by atoms with Crippen molar-refractivity contribution in [3.8, 4) is 5.75 Å². The van der Waals surface area contributed by atoms with Crippen LogP contribution in [0.3, 0.4) is 0 Å². The average molecular weight is 649 g/mol. The third kappa shape index (κ3) is 9.11. The fourth-order valence-electron chi connectivity index (χ4n) is 4.42. The molecule has 3 rings (SSSR count). The van der Waals surface area contributed by atoms with Crippen molar-refractivity contribution in [1.82, 2.24) is 10.2 Å². The number of amides is 2. The summed E-state index contributed by atoms with van der Waals surface area (Å²) in [5.41, 5.74) is 1.82. The summed E-state index contributed by atoms with van der Waals surface area (Å²) in [6.07, 6.45) is 0.303. The van der Waals surface area contributed by atoms with E-state index in [1.165, 1.54) is 17.0 Å². The van der Waals surface area contributed by atoms with Crippen molar-refractivity contribution in [2.24, 2.45) is 5.92 Å². The number of halogens is 2. The Bertz CT molecular complexity index is 1500. The lowest BCUT2D eigenvalue weighted by molar-refractivity contribution is -0.140. The molecule has 0 saturated carbocycles. The van der Waals surface area contributed by atoms with Crippen LogP contribution in [0.4, 0.5) is 5.69 Å². The molecule has 0 saturated heterocycles. The summed E-state index contributed by atoms with van der Waals surface area (Å²) in [6, 6.07) is 17.0. The number of hydrogen-bond donors (Lipinski definition) is 1. The molecule has 1 unspecified atom stereocenters. The Morgan fingerprint density at radius 2 is 1.60 bits per heavy atom. The zero-order valence-electron chi connectivity index (χ0n) is 25.1. The molecule has 0 aliphatic carbocycles. The molecule has 3 aromatic rings. The van der Waals surface area contributed by atoms with E-state index < -0.39 is 28.5 Å².